The molecule has 0 bridgehead atoms. The molecule has 1 aromatic rings. The largest absolute Gasteiger partial charge is 0.452 e. The van der Waals surface area contributed by atoms with Crippen molar-refractivity contribution in [1.82, 2.24) is 4.31 Å². The lowest BCUT2D eigenvalue weighted by atomic mass is 9.81. The molecule has 1 saturated heterocycles. The molecule has 0 spiro atoms. The van der Waals surface area contributed by atoms with Crippen LogP contribution in [-0.2, 0) is 10.0 Å². The monoisotopic (exact) mass is 299 g/mol. The van der Waals surface area contributed by atoms with Gasteiger partial charge in [0.15, 0.2) is 0 Å². The minimum absolute atomic E-state index is 0.00898. The number of hydrogen-bond acceptors (Lipinski definition) is 4. The van der Waals surface area contributed by atoms with E-state index in [9.17, 15) is 13.5 Å². The topological polar surface area (TPSA) is 70.8 Å². The number of furan rings is 1. The van der Waals surface area contributed by atoms with Gasteiger partial charge in [-0.25, -0.2) is 8.42 Å². The smallest absolute Gasteiger partial charge is 0.276 e. The Morgan fingerprint density at radius 2 is 2.00 bits per heavy atom. The summed E-state index contributed by atoms with van der Waals surface area (Å²) in [5, 5.41) is 10.2. The molecule has 2 heterocycles. The molecular weight excluding hydrogens is 278 g/mol. The van der Waals surface area contributed by atoms with Crippen molar-refractivity contribution in [2.45, 2.75) is 55.8 Å². The molecule has 6 heteroatoms. The normalized spacial score (nSPS) is 32.5. The number of rotatable bonds is 3. The van der Waals surface area contributed by atoms with Crippen LogP contribution in [0.15, 0.2) is 27.9 Å². The molecule has 0 amide bonds. The van der Waals surface area contributed by atoms with Crippen molar-refractivity contribution >= 4 is 10.0 Å². The first-order chi connectivity index (χ1) is 9.60. The minimum Gasteiger partial charge on any atom is -0.452 e. The van der Waals surface area contributed by atoms with Gasteiger partial charge in [-0.15, -0.1) is 0 Å². The van der Waals surface area contributed by atoms with Crippen molar-refractivity contribution in [1.29, 1.82) is 0 Å². The van der Waals surface area contributed by atoms with Gasteiger partial charge in [0.2, 0.25) is 5.09 Å². The van der Waals surface area contributed by atoms with E-state index in [1.54, 1.807) is 10.4 Å². The van der Waals surface area contributed by atoms with E-state index in [0.29, 0.717) is 6.54 Å². The van der Waals surface area contributed by atoms with E-state index in [2.05, 4.69) is 0 Å². The fraction of sp³-hybridized carbons (Fsp3) is 0.714. The highest BCUT2D eigenvalue weighted by atomic mass is 32.2. The first kappa shape index (κ1) is 14.1. The summed E-state index contributed by atoms with van der Waals surface area (Å²) in [4.78, 5) is 0. The summed E-state index contributed by atoms with van der Waals surface area (Å²) >= 11 is 0. The maximum atomic E-state index is 12.6. The average molecular weight is 299 g/mol. The minimum atomic E-state index is -3.56. The highest BCUT2D eigenvalue weighted by Crippen LogP contribution is 2.37. The van der Waals surface area contributed by atoms with Gasteiger partial charge in [-0.1, -0.05) is 12.8 Å². The fourth-order valence-corrected chi connectivity index (χ4v) is 5.25. The molecule has 1 aliphatic carbocycles. The number of hydrogen-bond donors (Lipinski definition) is 1. The highest BCUT2D eigenvalue weighted by Gasteiger charge is 2.43. The summed E-state index contributed by atoms with van der Waals surface area (Å²) in [6.45, 7) is 0.525. The van der Waals surface area contributed by atoms with E-state index >= 15 is 0 Å². The molecule has 112 valence electrons. The fourth-order valence-electron chi connectivity index (χ4n) is 3.61. The zero-order valence-corrected chi connectivity index (χ0v) is 12.3. The van der Waals surface area contributed by atoms with Gasteiger partial charge in [-0.05, 0) is 37.8 Å². The maximum Gasteiger partial charge on any atom is 0.276 e. The van der Waals surface area contributed by atoms with Crippen molar-refractivity contribution in [2.24, 2.45) is 5.92 Å². The molecule has 0 radical (unpaired) electrons. The van der Waals surface area contributed by atoms with Gasteiger partial charge < -0.3 is 9.52 Å². The molecule has 1 saturated carbocycles. The second-order valence-corrected chi connectivity index (χ2v) is 7.59. The van der Waals surface area contributed by atoms with Crippen molar-refractivity contribution in [3.05, 3.63) is 18.4 Å². The van der Waals surface area contributed by atoms with E-state index in [-0.39, 0.29) is 23.2 Å². The van der Waals surface area contributed by atoms with Crippen LogP contribution in [-0.4, -0.2) is 36.5 Å². The molecule has 3 atom stereocenters. The predicted octanol–water partition coefficient (Wildman–Crippen LogP) is 1.98. The lowest BCUT2D eigenvalue weighted by molar-refractivity contribution is 0.0384. The molecule has 2 aliphatic rings. The van der Waals surface area contributed by atoms with Gasteiger partial charge in [0.1, 0.15) is 0 Å². The van der Waals surface area contributed by atoms with Crippen molar-refractivity contribution < 1.29 is 17.9 Å². The van der Waals surface area contributed by atoms with E-state index in [1.165, 1.54) is 12.3 Å². The first-order valence-electron chi connectivity index (χ1n) is 7.34. The first-order valence-corrected chi connectivity index (χ1v) is 8.78. The Morgan fingerprint density at radius 3 is 2.70 bits per heavy atom. The van der Waals surface area contributed by atoms with E-state index in [0.717, 1.165) is 38.5 Å². The summed E-state index contributed by atoms with van der Waals surface area (Å²) in [5.41, 5.74) is 0. The standard InChI is InChI=1S/C14H21NO4S/c16-13-7-2-1-5-11(13)12-6-3-9-15(12)20(17,18)14-8-4-10-19-14/h4,8,10-13,16H,1-3,5-7,9H2/t11-,12-,13-/m1/s1. The van der Waals surface area contributed by atoms with Gasteiger partial charge in [0.25, 0.3) is 10.0 Å². The molecule has 0 unspecified atom stereocenters. The highest BCUT2D eigenvalue weighted by molar-refractivity contribution is 7.89. The average Bonchev–Trinajstić information content (AvgIpc) is 3.11. The van der Waals surface area contributed by atoms with E-state index in [4.69, 9.17) is 4.42 Å². The molecule has 20 heavy (non-hydrogen) atoms. The van der Waals surface area contributed by atoms with Crippen LogP contribution >= 0.6 is 0 Å². The second-order valence-electron chi connectivity index (χ2n) is 5.77. The van der Waals surface area contributed by atoms with Crippen molar-refractivity contribution in [3.8, 4) is 0 Å². The van der Waals surface area contributed by atoms with Gasteiger partial charge >= 0.3 is 0 Å². The van der Waals surface area contributed by atoms with Gasteiger partial charge in [-0.3, -0.25) is 0 Å². The Morgan fingerprint density at radius 1 is 1.20 bits per heavy atom. The summed E-state index contributed by atoms with van der Waals surface area (Å²) in [5.74, 6) is 0.0657. The van der Waals surface area contributed by atoms with Gasteiger partial charge in [0, 0.05) is 18.5 Å². The van der Waals surface area contributed by atoms with Crippen LogP contribution in [0.3, 0.4) is 0 Å². The van der Waals surface area contributed by atoms with Crippen LogP contribution in [0.1, 0.15) is 38.5 Å². The Kier molecular flexibility index (Phi) is 3.88. The Labute approximate surface area is 119 Å². The SMILES string of the molecule is O=S(=O)(c1ccco1)N1CCC[C@@H]1[C@H]1CCCC[C@H]1O. The third-order valence-electron chi connectivity index (χ3n) is 4.58. The quantitative estimate of drug-likeness (QED) is 0.926. The van der Waals surface area contributed by atoms with Crippen molar-refractivity contribution in [3.63, 3.8) is 0 Å². The van der Waals surface area contributed by atoms with E-state index in [1.807, 2.05) is 0 Å². The summed E-state index contributed by atoms with van der Waals surface area (Å²) in [6, 6.07) is 3.00. The molecule has 1 N–H and O–H groups in total. The molecule has 1 aromatic heterocycles. The lowest BCUT2D eigenvalue weighted by Gasteiger charge is -2.36. The molecule has 3 rings (SSSR count). The summed E-state index contributed by atoms with van der Waals surface area (Å²) in [7, 11) is -3.56. The summed E-state index contributed by atoms with van der Waals surface area (Å²) in [6.07, 6.45) is 6.51. The zero-order chi connectivity index (χ0) is 14.2. The number of sulfonamides is 1. The van der Waals surface area contributed by atoms with Gasteiger partial charge in [0.05, 0.1) is 12.4 Å². The Bertz CT molecular complexity index is 540. The van der Waals surface area contributed by atoms with Crippen LogP contribution < -0.4 is 0 Å². The van der Waals surface area contributed by atoms with Crippen molar-refractivity contribution in [2.75, 3.05) is 6.54 Å². The molecule has 0 aromatic carbocycles. The molecule has 5 nitrogen and oxygen atoms in total. The Balaban J connectivity index is 1.85. The number of aliphatic hydroxyl groups excluding tert-OH is 1. The summed E-state index contributed by atoms with van der Waals surface area (Å²) < 4.78 is 31.8. The zero-order valence-electron chi connectivity index (χ0n) is 11.4. The lowest BCUT2D eigenvalue weighted by Crippen LogP contribution is -2.45. The Hall–Kier alpha value is -0.850. The third-order valence-corrected chi connectivity index (χ3v) is 6.39. The van der Waals surface area contributed by atoms with Crippen LogP contribution in [0.4, 0.5) is 0 Å². The third kappa shape index (κ3) is 2.40. The number of nitrogens with zero attached hydrogens (tertiary/aromatic N) is 1. The molecular formula is C14H21NO4S. The maximum absolute atomic E-state index is 12.6. The van der Waals surface area contributed by atoms with Crippen LogP contribution in [0.5, 0.6) is 0 Å². The number of aliphatic hydroxyl groups is 1. The molecule has 1 aliphatic heterocycles. The van der Waals surface area contributed by atoms with E-state index < -0.39 is 10.0 Å². The van der Waals surface area contributed by atoms with Crippen LogP contribution in [0, 0.1) is 5.92 Å². The van der Waals surface area contributed by atoms with Crippen LogP contribution in [0.2, 0.25) is 0 Å². The van der Waals surface area contributed by atoms with Crippen LogP contribution in [0.25, 0.3) is 0 Å². The predicted molar refractivity (Wildman–Crippen MR) is 73.6 cm³/mol. The molecule has 2 fully saturated rings. The second kappa shape index (κ2) is 5.50. The van der Waals surface area contributed by atoms with Gasteiger partial charge in [-0.2, -0.15) is 4.31 Å².